The van der Waals surface area contributed by atoms with Crippen molar-refractivity contribution in [3.8, 4) is 0 Å². The smallest absolute Gasteiger partial charge is 0.303 e. The highest BCUT2D eigenvalue weighted by molar-refractivity contribution is 5.75. The molecule has 1 heterocycles. The molecule has 0 aromatic heterocycles. The van der Waals surface area contributed by atoms with E-state index in [0.717, 1.165) is 90.3 Å². The highest BCUT2D eigenvalue weighted by atomic mass is 16.4. The average Bonchev–Trinajstić information content (AvgIpc) is 2.92. The minimum atomic E-state index is -0.713. The maximum absolute atomic E-state index is 12.1. The Morgan fingerprint density at radius 1 is 0.692 bits per heavy atom. The summed E-state index contributed by atoms with van der Waals surface area (Å²) in [6.45, 7) is 2.85. The van der Waals surface area contributed by atoms with Crippen molar-refractivity contribution in [2.24, 2.45) is 0 Å². The molecular weight excluding hydrogens is 484 g/mol. The van der Waals surface area contributed by atoms with E-state index < -0.39 is 5.97 Å². The predicted molar refractivity (Wildman–Crippen MR) is 160 cm³/mol. The Morgan fingerprint density at radius 3 is 2.13 bits per heavy atom. The molecule has 5 nitrogen and oxygen atoms in total. The number of hydrogen-bond acceptors (Lipinski definition) is 3. The van der Waals surface area contributed by atoms with E-state index in [0.29, 0.717) is 12.8 Å². The third kappa shape index (κ3) is 13.3. The number of nitrogens with one attached hydrogen (secondary N) is 2. The molecule has 2 aromatic rings. The number of aliphatic carboxylic acids is 1. The van der Waals surface area contributed by atoms with Crippen molar-refractivity contribution in [1.29, 1.82) is 0 Å². The summed E-state index contributed by atoms with van der Waals surface area (Å²) >= 11 is 0. The summed E-state index contributed by atoms with van der Waals surface area (Å²) in [6.07, 6.45) is 16.7. The Balaban J connectivity index is 1.58. The van der Waals surface area contributed by atoms with E-state index in [1.165, 1.54) is 47.1 Å². The number of carbonyl (C=O) groups excluding carboxylic acids is 1. The highest BCUT2D eigenvalue weighted by Crippen LogP contribution is 2.20. The highest BCUT2D eigenvalue weighted by Gasteiger charge is 2.07. The first kappa shape index (κ1) is 30.9. The summed E-state index contributed by atoms with van der Waals surface area (Å²) in [5.74, 6) is -0.515. The molecule has 2 bridgehead atoms. The topological polar surface area (TPSA) is 78.4 Å². The van der Waals surface area contributed by atoms with Gasteiger partial charge >= 0.3 is 5.97 Å². The monoisotopic (exact) mass is 534 g/mol. The van der Waals surface area contributed by atoms with Gasteiger partial charge < -0.3 is 15.7 Å². The van der Waals surface area contributed by atoms with Crippen LogP contribution in [0.2, 0.25) is 0 Å². The molecule has 1 aliphatic rings. The van der Waals surface area contributed by atoms with Crippen molar-refractivity contribution >= 4 is 11.9 Å². The first-order valence-corrected chi connectivity index (χ1v) is 15.5. The van der Waals surface area contributed by atoms with Crippen LogP contribution in [0.1, 0.15) is 105 Å². The largest absolute Gasteiger partial charge is 0.481 e. The van der Waals surface area contributed by atoms with Crippen molar-refractivity contribution in [3.63, 3.8) is 0 Å². The summed E-state index contributed by atoms with van der Waals surface area (Å²) in [5, 5.41) is 15.7. The second-order valence-corrected chi connectivity index (χ2v) is 11.2. The lowest BCUT2D eigenvalue weighted by molar-refractivity contribution is -0.137. The first-order chi connectivity index (χ1) is 19.1. The Kier molecular flexibility index (Phi) is 14.7. The number of carboxylic acids is 1. The Bertz CT molecular complexity index is 1000. The molecule has 0 fully saturated rings. The molecule has 5 heteroatoms. The maximum atomic E-state index is 12.1. The molecule has 3 rings (SSSR count). The third-order valence-electron chi connectivity index (χ3n) is 7.80. The van der Waals surface area contributed by atoms with Crippen LogP contribution in [-0.2, 0) is 41.7 Å². The predicted octanol–water partition coefficient (Wildman–Crippen LogP) is 6.58. The van der Waals surface area contributed by atoms with Crippen molar-refractivity contribution in [3.05, 3.63) is 70.3 Å². The summed E-state index contributed by atoms with van der Waals surface area (Å²) in [6, 6.07) is 15.9. The maximum Gasteiger partial charge on any atom is 0.303 e. The van der Waals surface area contributed by atoms with Crippen LogP contribution in [-0.4, -0.2) is 36.6 Å². The number of carbonyl (C=O) groups is 2. The number of fused-ring (bicyclic) bond motifs is 3. The zero-order valence-electron chi connectivity index (χ0n) is 23.9. The lowest BCUT2D eigenvalue weighted by Gasteiger charge is -2.13. The van der Waals surface area contributed by atoms with Gasteiger partial charge in [-0.25, -0.2) is 0 Å². The van der Waals surface area contributed by atoms with Crippen LogP contribution in [0.25, 0.3) is 0 Å². The summed E-state index contributed by atoms with van der Waals surface area (Å²) in [5.41, 5.74) is 7.00. The zero-order valence-corrected chi connectivity index (χ0v) is 23.9. The van der Waals surface area contributed by atoms with Gasteiger partial charge in [-0.3, -0.25) is 9.59 Å². The molecule has 0 saturated heterocycles. The van der Waals surface area contributed by atoms with E-state index in [-0.39, 0.29) is 12.3 Å². The van der Waals surface area contributed by atoms with E-state index in [1.807, 2.05) is 0 Å². The fourth-order valence-corrected chi connectivity index (χ4v) is 5.51. The van der Waals surface area contributed by atoms with Gasteiger partial charge in [-0.05, 0) is 131 Å². The van der Waals surface area contributed by atoms with Gasteiger partial charge in [0.2, 0.25) is 5.91 Å². The van der Waals surface area contributed by atoms with Gasteiger partial charge in [-0.15, -0.1) is 0 Å². The van der Waals surface area contributed by atoms with Crippen LogP contribution in [0.5, 0.6) is 0 Å². The van der Waals surface area contributed by atoms with E-state index in [1.54, 1.807) is 0 Å². The summed E-state index contributed by atoms with van der Waals surface area (Å²) < 4.78 is 0. The normalized spacial score (nSPS) is 17.7. The average molecular weight is 535 g/mol. The molecule has 1 amide bonds. The molecule has 0 saturated carbocycles. The van der Waals surface area contributed by atoms with Gasteiger partial charge in [0, 0.05) is 19.4 Å². The molecule has 1 aliphatic heterocycles. The fraction of sp³-hybridized carbons (Fsp3) is 0.588. The molecule has 0 atom stereocenters. The number of amides is 1. The molecule has 0 radical (unpaired) electrons. The van der Waals surface area contributed by atoms with Crippen LogP contribution in [0, 0.1) is 0 Å². The van der Waals surface area contributed by atoms with Crippen molar-refractivity contribution < 1.29 is 14.7 Å². The zero-order chi connectivity index (χ0) is 27.5. The Hall–Kier alpha value is -2.66. The number of benzene rings is 2. The molecule has 39 heavy (non-hydrogen) atoms. The van der Waals surface area contributed by atoms with Gasteiger partial charge in [0.05, 0.1) is 0 Å². The fourth-order valence-electron chi connectivity index (χ4n) is 5.51. The minimum Gasteiger partial charge on any atom is -0.481 e. The lowest BCUT2D eigenvalue weighted by atomic mass is 9.93. The van der Waals surface area contributed by atoms with E-state index in [4.69, 9.17) is 5.11 Å². The third-order valence-corrected chi connectivity index (χ3v) is 7.80. The van der Waals surface area contributed by atoms with Gasteiger partial charge in [0.25, 0.3) is 0 Å². The number of carboxylic acid groups (broad SMARTS) is 1. The van der Waals surface area contributed by atoms with E-state index >= 15 is 0 Å². The molecular formula is C34H50N2O3. The SMILES string of the molecule is O=C(O)CCCc1ccc2c(c1)CCCCc1cccc(c1)CCCCNC(=O)CCCCCNCCCC2. The Morgan fingerprint density at radius 2 is 1.33 bits per heavy atom. The minimum absolute atomic E-state index is 0.197. The summed E-state index contributed by atoms with van der Waals surface area (Å²) in [4.78, 5) is 23.0. The van der Waals surface area contributed by atoms with Crippen LogP contribution >= 0.6 is 0 Å². The molecule has 3 N–H and O–H groups in total. The van der Waals surface area contributed by atoms with Crippen LogP contribution < -0.4 is 10.6 Å². The van der Waals surface area contributed by atoms with Crippen molar-refractivity contribution in [2.75, 3.05) is 19.6 Å². The van der Waals surface area contributed by atoms with Crippen LogP contribution in [0.4, 0.5) is 0 Å². The molecule has 2 aromatic carbocycles. The van der Waals surface area contributed by atoms with Crippen LogP contribution in [0.15, 0.2) is 42.5 Å². The van der Waals surface area contributed by atoms with Crippen LogP contribution in [0.3, 0.4) is 0 Å². The van der Waals surface area contributed by atoms with Gasteiger partial charge in [0.1, 0.15) is 0 Å². The van der Waals surface area contributed by atoms with Gasteiger partial charge in [-0.1, -0.05) is 48.9 Å². The van der Waals surface area contributed by atoms with Crippen molar-refractivity contribution in [1.82, 2.24) is 10.6 Å². The van der Waals surface area contributed by atoms with Gasteiger partial charge in [0.15, 0.2) is 0 Å². The standard InChI is InChI=1S/C34H50N2O3/c37-33-19-2-1-7-23-35-24-8-6-17-31-22-21-30(16-11-20-34(38)39)27-32(31)18-4-3-12-28-14-10-15-29(26-28)13-5-9-25-36-33/h10,14-15,21-22,26-27,35H,1-9,11-13,16-20,23-25H2,(H,36,37)(H,38,39). The Labute approximate surface area is 236 Å². The number of rotatable bonds is 4. The summed E-state index contributed by atoms with van der Waals surface area (Å²) in [7, 11) is 0. The van der Waals surface area contributed by atoms with E-state index in [2.05, 4.69) is 53.1 Å². The number of hydrogen-bond donors (Lipinski definition) is 3. The molecule has 0 aliphatic carbocycles. The molecule has 0 unspecified atom stereocenters. The molecule has 214 valence electrons. The quantitative estimate of drug-likeness (QED) is 0.414. The van der Waals surface area contributed by atoms with Crippen molar-refractivity contribution in [2.45, 2.75) is 109 Å². The molecule has 0 spiro atoms. The first-order valence-electron chi connectivity index (χ1n) is 15.5. The second kappa shape index (κ2) is 18.6. The van der Waals surface area contributed by atoms with E-state index in [9.17, 15) is 9.59 Å². The van der Waals surface area contributed by atoms with Gasteiger partial charge in [-0.2, -0.15) is 0 Å². The number of aryl methyl sites for hydroxylation is 5. The lowest BCUT2D eigenvalue weighted by Crippen LogP contribution is -2.24. The second-order valence-electron chi connectivity index (χ2n) is 11.2.